The summed E-state index contributed by atoms with van der Waals surface area (Å²) in [5, 5.41) is 10.3. The normalized spacial score (nSPS) is 26.1. The highest BCUT2D eigenvalue weighted by Crippen LogP contribution is 2.36. The van der Waals surface area contributed by atoms with Gasteiger partial charge < -0.3 is 19.9 Å². The molecule has 5 fully saturated rings. The van der Waals surface area contributed by atoms with E-state index in [1.54, 1.807) is 15.9 Å². The van der Waals surface area contributed by atoms with Gasteiger partial charge in [-0.05, 0) is 61.4 Å². The third-order valence-electron chi connectivity index (χ3n) is 9.51. The Morgan fingerprint density at radius 2 is 2.00 bits per heavy atom. The predicted octanol–water partition coefficient (Wildman–Crippen LogP) is 3.60. The Morgan fingerprint density at radius 3 is 2.74 bits per heavy atom. The maximum absolute atomic E-state index is 14.1. The number of piperazine rings is 1. The van der Waals surface area contributed by atoms with Gasteiger partial charge in [0.05, 0.1) is 34.6 Å². The van der Waals surface area contributed by atoms with Crippen molar-refractivity contribution < 1.29 is 9.53 Å². The van der Waals surface area contributed by atoms with E-state index in [2.05, 4.69) is 43.5 Å². The summed E-state index contributed by atoms with van der Waals surface area (Å²) in [5.41, 5.74) is 3.81. The summed E-state index contributed by atoms with van der Waals surface area (Å²) in [7, 11) is 0. The Bertz CT molecular complexity index is 1590. The van der Waals surface area contributed by atoms with Crippen LogP contribution in [0.1, 0.15) is 36.5 Å². The number of carbonyl (C=O) groups excluding carboxylic acids is 1. The minimum atomic E-state index is -0.0777. The third-order valence-corrected chi connectivity index (χ3v) is 10.4. The Morgan fingerprint density at radius 1 is 1.12 bits per heavy atom. The van der Waals surface area contributed by atoms with Crippen LogP contribution in [-0.2, 0) is 4.74 Å². The number of ether oxygens (including phenoxy) is 1. The molecule has 10 nitrogen and oxygen atoms in total. The number of fused-ring (bicyclic) bond motifs is 5. The van der Waals surface area contributed by atoms with Gasteiger partial charge in [0.25, 0.3) is 5.91 Å². The zero-order valence-electron chi connectivity index (χ0n) is 23.9. The number of nitrogens with one attached hydrogen (secondary N) is 1. The predicted molar refractivity (Wildman–Crippen MR) is 163 cm³/mol. The molecule has 0 aliphatic carbocycles. The standard InChI is InChI=1S/C31H36N8O2S/c1-2-31(20-41-31)38-11-9-36(10-12-38)28-15-22(30(40)37-18-21-5-6-23(19-37)32-16-21)14-26(34-28)24-17-33-39-8-7-25(35-29(24)39)27-4-3-13-42-27/h3-4,7-8,13-15,17,21,23,32H,2,5-6,9-12,16,18-20H2,1H3. The number of hydrogen-bond donors (Lipinski definition) is 1. The quantitative estimate of drug-likeness (QED) is 0.344. The molecule has 11 heteroatoms. The number of thiophene rings is 1. The molecule has 42 heavy (non-hydrogen) atoms. The summed E-state index contributed by atoms with van der Waals surface area (Å²) < 4.78 is 7.63. The summed E-state index contributed by atoms with van der Waals surface area (Å²) in [4.78, 5) is 32.2. The van der Waals surface area contributed by atoms with E-state index in [9.17, 15) is 4.79 Å². The van der Waals surface area contributed by atoms with Crippen molar-refractivity contribution in [1.82, 2.24) is 34.7 Å². The third kappa shape index (κ3) is 4.68. The van der Waals surface area contributed by atoms with E-state index in [-0.39, 0.29) is 11.6 Å². The van der Waals surface area contributed by atoms with Crippen LogP contribution in [-0.4, -0.2) is 99.5 Å². The van der Waals surface area contributed by atoms with E-state index in [0.717, 1.165) is 98.6 Å². The molecule has 0 spiro atoms. The lowest BCUT2D eigenvalue weighted by Gasteiger charge is -2.38. The molecule has 1 N–H and O–H groups in total. The van der Waals surface area contributed by atoms with Gasteiger partial charge in [-0.15, -0.1) is 11.3 Å². The van der Waals surface area contributed by atoms with Gasteiger partial charge in [0.1, 0.15) is 11.5 Å². The van der Waals surface area contributed by atoms with E-state index in [1.165, 1.54) is 6.42 Å². The molecule has 9 rings (SSSR count). The second kappa shape index (κ2) is 10.4. The molecular formula is C31H36N8O2S. The summed E-state index contributed by atoms with van der Waals surface area (Å²) in [5.74, 6) is 1.43. The molecule has 218 valence electrons. The van der Waals surface area contributed by atoms with Gasteiger partial charge in [-0.3, -0.25) is 9.69 Å². The molecule has 9 heterocycles. The number of hydrogen-bond acceptors (Lipinski definition) is 9. The highest BCUT2D eigenvalue weighted by molar-refractivity contribution is 7.13. The fraction of sp³-hybridized carbons (Fsp3) is 0.484. The first-order valence-corrected chi connectivity index (χ1v) is 16.0. The first-order valence-electron chi connectivity index (χ1n) is 15.2. The van der Waals surface area contributed by atoms with Crippen molar-refractivity contribution in [3.8, 4) is 21.8 Å². The Balaban J connectivity index is 1.17. The minimum Gasteiger partial charge on any atom is -0.354 e. The zero-order valence-corrected chi connectivity index (χ0v) is 24.7. The Labute approximate surface area is 249 Å². The van der Waals surface area contributed by atoms with E-state index in [1.807, 2.05) is 36.7 Å². The van der Waals surface area contributed by atoms with Crippen LogP contribution in [0.3, 0.4) is 0 Å². The summed E-state index contributed by atoms with van der Waals surface area (Å²) in [6, 6.07) is 10.4. The van der Waals surface area contributed by atoms with E-state index >= 15 is 0 Å². The summed E-state index contributed by atoms with van der Waals surface area (Å²) in [6.45, 7) is 9.05. The summed E-state index contributed by atoms with van der Waals surface area (Å²) in [6.07, 6.45) is 7.09. The zero-order chi connectivity index (χ0) is 28.3. The number of anilines is 1. The molecule has 3 unspecified atom stereocenters. The topological polar surface area (TPSA) is 94.4 Å². The number of pyridine rings is 1. The fourth-order valence-electron chi connectivity index (χ4n) is 6.87. The first-order chi connectivity index (χ1) is 20.6. The number of aromatic nitrogens is 4. The molecule has 0 aromatic carbocycles. The number of piperidine rings is 1. The van der Waals surface area contributed by atoms with Crippen molar-refractivity contribution in [3.63, 3.8) is 0 Å². The molecule has 5 saturated heterocycles. The van der Waals surface area contributed by atoms with Gasteiger partial charge in [0.2, 0.25) is 0 Å². The van der Waals surface area contributed by atoms with Crippen LogP contribution >= 0.6 is 11.3 Å². The van der Waals surface area contributed by atoms with Crippen molar-refractivity contribution in [2.45, 2.75) is 38.0 Å². The van der Waals surface area contributed by atoms with Crippen LogP contribution in [0.25, 0.3) is 27.5 Å². The Hall–Kier alpha value is -3.38. The second-order valence-corrected chi connectivity index (χ2v) is 13.0. The van der Waals surface area contributed by atoms with Gasteiger partial charge in [-0.1, -0.05) is 13.0 Å². The fourth-order valence-corrected chi connectivity index (χ4v) is 7.57. The SMILES string of the molecule is CCC1(N2CCN(c3cc(C(=O)N4CC5CCC(C4)NC5)cc(-c4cnn5ccc(-c6cccs6)nc45)n3)CC2)CO1. The van der Waals surface area contributed by atoms with Crippen molar-refractivity contribution >= 4 is 28.7 Å². The average molecular weight is 585 g/mol. The van der Waals surface area contributed by atoms with Gasteiger partial charge >= 0.3 is 0 Å². The second-order valence-electron chi connectivity index (χ2n) is 12.0. The first kappa shape index (κ1) is 26.3. The van der Waals surface area contributed by atoms with Gasteiger partial charge in [-0.25, -0.2) is 14.5 Å². The number of nitrogens with zero attached hydrogens (tertiary/aromatic N) is 7. The number of rotatable bonds is 6. The van der Waals surface area contributed by atoms with Crippen LogP contribution in [0.5, 0.6) is 0 Å². The van der Waals surface area contributed by atoms with Crippen molar-refractivity contribution in [2.24, 2.45) is 5.92 Å². The minimum absolute atomic E-state index is 0.0777. The van der Waals surface area contributed by atoms with E-state index < -0.39 is 0 Å². The molecule has 2 bridgehead atoms. The molecule has 5 aliphatic heterocycles. The lowest BCUT2D eigenvalue weighted by atomic mass is 9.97. The van der Waals surface area contributed by atoms with Gasteiger partial charge in [0, 0.05) is 57.1 Å². The molecule has 1 amide bonds. The van der Waals surface area contributed by atoms with Gasteiger partial charge in [-0.2, -0.15) is 5.10 Å². The lowest BCUT2D eigenvalue weighted by molar-refractivity contribution is 0.0684. The largest absolute Gasteiger partial charge is 0.354 e. The highest BCUT2D eigenvalue weighted by Gasteiger charge is 2.49. The molecule has 5 aliphatic rings. The molecule has 3 atom stereocenters. The van der Waals surface area contributed by atoms with Crippen LogP contribution in [0.2, 0.25) is 0 Å². The van der Waals surface area contributed by atoms with Crippen molar-refractivity contribution in [1.29, 1.82) is 0 Å². The maximum Gasteiger partial charge on any atom is 0.254 e. The molecule has 4 aromatic heterocycles. The number of amides is 1. The molecular weight excluding hydrogens is 548 g/mol. The maximum atomic E-state index is 14.1. The number of epoxide rings is 1. The summed E-state index contributed by atoms with van der Waals surface area (Å²) >= 11 is 1.66. The van der Waals surface area contributed by atoms with E-state index in [0.29, 0.717) is 17.5 Å². The average Bonchev–Trinajstić information content (AvgIpc) is 3.59. The molecule has 0 saturated carbocycles. The molecule has 0 radical (unpaired) electrons. The monoisotopic (exact) mass is 584 g/mol. The smallest absolute Gasteiger partial charge is 0.254 e. The van der Waals surface area contributed by atoms with E-state index in [4.69, 9.17) is 14.7 Å². The van der Waals surface area contributed by atoms with Crippen LogP contribution in [0.4, 0.5) is 5.82 Å². The van der Waals surface area contributed by atoms with Crippen LogP contribution < -0.4 is 10.2 Å². The Kier molecular flexibility index (Phi) is 6.51. The van der Waals surface area contributed by atoms with Crippen molar-refractivity contribution in [2.75, 3.05) is 57.3 Å². The lowest BCUT2D eigenvalue weighted by Crippen LogP contribution is -2.52. The molecule has 4 aromatic rings. The number of carbonyl (C=O) groups is 1. The van der Waals surface area contributed by atoms with Gasteiger partial charge in [0.15, 0.2) is 5.65 Å². The van der Waals surface area contributed by atoms with Crippen molar-refractivity contribution in [3.05, 3.63) is 53.7 Å². The van der Waals surface area contributed by atoms with Crippen LogP contribution in [0.15, 0.2) is 48.1 Å². The highest BCUT2D eigenvalue weighted by atomic mass is 32.1. The van der Waals surface area contributed by atoms with Crippen LogP contribution in [0, 0.1) is 5.92 Å².